The number of carbonyl (C=O) groups excluding carboxylic acids is 1. The lowest BCUT2D eigenvalue weighted by Gasteiger charge is -2.16. The average molecular weight is 340 g/mol. The average Bonchev–Trinajstić information content (AvgIpc) is 2.49. The third-order valence-corrected chi connectivity index (χ3v) is 4.63. The molecule has 122 valence electrons. The second-order valence-corrected chi connectivity index (χ2v) is 6.58. The van der Waals surface area contributed by atoms with E-state index in [4.69, 9.17) is 5.73 Å². The van der Waals surface area contributed by atoms with Crippen LogP contribution in [0, 0.1) is 18.6 Å². The molecule has 0 radical (unpaired) electrons. The van der Waals surface area contributed by atoms with Crippen molar-refractivity contribution in [3.8, 4) is 0 Å². The molecular formula is C15H14F2N2O3S. The Balaban J connectivity index is 2.44. The van der Waals surface area contributed by atoms with Crippen molar-refractivity contribution in [2.45, 2.75) is 17.9 Å². The zero-order valence-corrected chi connectivity index (χ0v) is 12.9. The summed E-state index contributed by atoms with van der Waals surface area (Å²) in [5.74, 6) is -3.06. The molecule has 3 N–H and O–H groups in total. The molecule has 0 heterocycles. The van der Waals surface area contributed by atoms with Gasteiger partial charge in [-0.2, -0.15) is 4.72 Å². The summed E-state index contributed by atoms with van der Waals surface area (Å²) in [5.41, 5.74) is 5.49. The number of rotatable bonds is 5. The first-order valence-corrected chi connectivity index (χ1v) is 8.03. The van der Waals surface area contributed by atoms with E-state index < -0.39 is 38.5 Å². The van der Waals surface area contributed by atoms with Crippen molar-refractivity contribution in [2.75, 3.05) is 0 Å². The Morgan fingerprint density at radius 2 is 1.74 bits per heavy atom. The predicted molar refractivity (Wildman–Crippen MR) is 79.8 cm³/mol. The summed E-state index contributed by atoms with van der Waals surface area (Å²) in [6.45, 7) is 1.30. The molecule has 2 aromatic rings. The van der Waals surface area contributed by atoms with Crippen molar-refractivity contribution in [3.05, 3.63) is 65.2 Å². The van der Waals surface area contributed by atoms with Gasteiger partial charge in [-0.3, -0.25) is 4.79 Å². The Kier molecular flexibility index (Phi) is 4.76. The minimum Gasteiger partial charge on any atom is -0.368 e. The number of sulfonamides is 1. The van der Waals surface area contributed by atoms with Crippen LogP contribution < -0.4 is 10.5 Å². The van der Waals surface area contributed by atoms with Gasteiger partial charge in [-0.25, -0.2) is 17.2 Å². The molecule has 8 heteroatoms. The molecule has 0 unspecified atom stereocenters. The highest BCUT2D eigenvalue weighted by Crippen LogP contribution is 2.22. The molecule has 0 aliphatic heterocycles. The molecule has 0 spiro atoms. The number of amides is 1. The molecule has 2 rings (SSSR count). The van der Waals surface area contributed by atoms with E-state index in [1.54, 1.807) is 18.2 Å². The van der Waals surface area contributed by atoms with Gasteiger partial charge in [0.25, 0.3) is 0 Å². The Morgan fingerprint density at radius 3 is 2.30 bits per heavy atom. The maximum Gasteiger partial charge on any atom is 0.244 e. The van der Waals surface area contributed by atoms with Gasteiger partial charge in [0.05, 0.1) is 0 Å². The molecule has 0 aliphatic carbocycles. The predicted octanol–water partition coefficient (Wildman–Crippen LogP) is 1.78. The fourth-order valence-electron chi connectivity index (χ4n) is 1.99. The third kappa shape index (κ3) is 3.72. The number of nitrogens with one attached hydrogen (secondary N) is 1. The Morgan fingerprint density at radius 1 is 1.13 bits per heavy atom. The summed E-state index contributed by atoms with van der Waals surface area (Å²) in [5, 5.41) is 0. The van der Waals surface area contributed by atoms with Crippen molar-refractivity contribution >= 4 is 15.9 Å². The molecule has 0 bridgehead atoms. The van der Waals surface area contributed by atoms with Crippen LogP contribution in [-0.2, 0) is 14.8 Å². The van der Waals surface area contributed by atoms with Gasteiger partial charge in [0.2, 0.25) is 15.9 Å². The molecule has 0 fully saturated rings. The van der Waals surface area contributed by atoms with Gasteiger partial charge in [-0.1, -0.05) is 30.3 Å². The number of hydrogen-bond donors (Lipinski definition) is 2. The van der Waals surface area contributed by atoms with Crippen LogP contribution in [0.3, 0.4) is 0 Å². The Labute approximate surface area is 132 Å². The molecule has 0 aromatic heterocycles. The van der Waals surface area contributed by atoms with Crippen LogP contribution in [0.2, 0.25) is 0 Å². The van der Waals surface area contributed by atoms with Crippen molar-refractivity contribution in [1.82, 2.24) is 4.72 Å². The SMILES string of the molecule is Cc1cc(S(=O)(=O)N[C@@H](C(N)=O)c2ccccc2)c(F)cc1F. The normalized spacial score (nSPS) is 12.8. The monoisotopic (exact) mass is 340 g/mol. The summed E-state index contributed by atoms with van der Waals surface area (Å²) >= 11 is 0. The van der Waals surface area contributed by atoms with E-state index in [-0.39, 0.29) is 5.56 Å². The van der Waals surface area contributed by atoms with Gasteiger partial charge in [0, 0.05) is 6.07 Å². The van der Waals surface area contributed by atoms with Crippen molar-refractivity contribution in [3.63, 3.8) is 0 Å². The van der Waals surface area contributed by atoms with Crippen LogP contribution in [0.1, 0.15) is 17.2 Å². The summed E-state index contributed by atoms with van der Waals surface area (Å²) < 4.78 is 53.8. The lowest BCUT2D eigenvalue weighted by atomic mass is 10.1. The highest BCUT2D eigenvalue weighted by Gasteiger charge is 2.28. The van der Waals surface area contributed by atoms with Crippen LogP contribution in [0.15, 0.2) is 47.4 Å². The van der Waals surface area contributed by atoms with E-state index in [1.165, 1.54) is 19.1 Å². The van der Waals surface area contributed by atoms with E-state index in [1.807, 2.05) is 4.72 Å². The summed E-state index contributed by atoms with van der Waals surface area (Å²) in [6.07, 6.45) is 0. The van der Waals surface area contributed by atoms with E-state index in [0.717, 1.165) is 6.07 Å². The van der Waals surface area contributed by atoms with Crippen molar-refractivity contribution in [2.24, 2.45) is 5.73 Å². The summed E-state index contributed by atoms with van der Waals surface area (Å²) in [6, 6.07) is 7.85. The standard InChI is InChI=1S/C15H14F2N2O3S/c1-9-7-13(12(17)8-11(9)16)23(21,22)19-14(15(18)20)10-5-3-2-4-6-10/h2-8,14,19H,1H3,(H2,18,20)/t14-/m1/s1. The van der Waals surface area contributed by atoms with Gasteiger partial charge >= 0.3 is 0 Å². The number of primary amides is 1. The van der Waals surface area contributed by atoms with Crippen molar-refractivity contribution < 1.29 is 22.0 Å². The van der Waals surface area contributed by atoms with Gasteiger partial charge in [0.1, 0.15) is 22.6 Å². The molecule has 1 amide bonds. The Hall–Kier alpha value is -2.32. The number of carbonyl (C=O) groups is 1. The lowest BCUT2D eigenvalue weighted by molar-refractivity contribution is -0.119. The molecule has 2 aromatic carbocycles. The second kappa shape index (κ2) is 6.43. The number of nitrogens with two attached hydrogens (primary N) is 1. The largest absolute Gasteiger partial charge is 0.368 e. The first-order chi connectivity index (χ1) is 10.7. The topological polar surface area (TPSA) is 89.3 Å². The van der Waals surface area contributed by atoms with Gasteiger partial charge in [-0.15, -0.1) is 0 Å². The molecule has 0 saturated heterocycles. The van der Waals surface area contributed by atoms with Crippen LogP contribution in [-0.4, -0.2) is 14.3 Å². The van der Waals surface area contributed by atoms with Gasteiger partial charge in [-0.05, 0) is 24.1 Å². The highest BCUT2D eigenvalue weighted by atomic mass is 32.2. The molecule has 1 atom stereocenters. The van der Waals surface area contributed by atoms with E-state index in [2.05, 4.69) is 0 Å². The second-order valence-electron chi connectivity index (χ2n) is 4.90. The number of hydrogen-bond acceptors (Lipinski definition) is 3. The number of aryl methyl sites for hydroxylation is 1. The van der Waals surface area contributed by atoms with E-state index in [9.17, 15) is 22.0 Å². The third-order valence-electron chi connectivity index (χ3n) is 3.19. The minimum atomic E-state index is -4.42. The fraction of sp³-hybridized carbons (Fsp3) is 0.133. The first kappa shape index (κ1) is 17.0. The maximum absolute atomic E-state index is 13.8. The van der Waals surface area contributed by atoms with Crippen LogP contribution in [0.5, 0.6) is 0 Å². The maximum atomic E-state index is 13.8. The van der Waals surface area contributed by atoms with E-state index >= 15 is 0 Å². The first-order valence-electron chi connectivity index (χ1n) is 6.54. The van der Waals surface area contributed by atoms with Gasteiger partial charge in [0.15, 0.2) is 0 Å². The quantitative estimate of drug-likeness (QED) is 0.869. The molecule has 5 nitrogen and oxygen atoms in total. The minimum absolute atomic E-state index is 0.0397. The zero-order chi connectivity index (χ0) is 17.2. The molecule has 23 heavy (non-hydrogen) atoms. The highest BCUT2D eigenvalue weighted by molar-refractivity contribution is 7.89. The summed E-state index contributed by atoms with van der Waals surface area (Å²) in [4.78, 5) is 10.8. The van der Waals surface area contributed by atoms with Crippen LogP contribution >= 0.6 is 0 Å². The van der Waals surface area contributed by atoms with Crippen molar-refractivity contribution in [1.29, 1.82) is 0 Å². The lowest BCUT2D eigenvalue weighted by Crippen LogP contribution is -2.37. The number of halogens is 2. The molecular weight excluding hydrogens is 326 g/mol. The van der Waals surface area contributed by atoms with Crippen LogP contribution in [0.4, 0.5) is 8.78 Å². The molecule has 0 aliphatic rings. The fourth-order valence-corrected chi connectivity index (χ4v) is 3.33. The summed E-state index contributed by atoms with van der Waals surface area (Å²) in [7, 11) is -4.42. The van der Waals surface area contributed by atoms with Crippen LogP contribution in [0.25, 0.3) is 0 Å². The smallest absolute Gasteiger partial charge is 0.244 e. The van der Waals surface area contributed by atoms with Gasteiger partial charge < -0.3 is 5.73 Å². The Bertz CT molecular complexity index is 839. The molecule has 0 saturated carbocycles. The zero-order valence-electron chi connectivity index (χ0n) is 12.1. The number of benzene rings is 2. The van der Waals surface area contributed by atoms with E-state index in [0.29, 0.717) is 11.6 Å².